The van der Waals surface area contributed by atoms with Gasteiger partial charge in [0.1, 0.15) is 12.4 Å². The van der Waals surface area contributed by atoms with Crippen LogP contribution in [0.2, 0.25) is 0 Å². The highest BCUT2D eigenvalue weighted by Gasteiger charge is 2.07. The van der Waals surface area contributed by atoms with Crippen molar-refractivity contribution in [3.05, 3.63) is 59.9 Å². The van der Waals surface area contributed by atoms with E-state index in [0.29, 0.717) is 13.1 Å². The van der Waals surface area contributed by atoms with E-state index in [9.17, 15) is 5.11 Å². The summed E-state index contributed by atoms with van der Waals surface area (Å²) in [5, 5.41) is 13.3. The van der Waals surface area contributed by atoms with Crippen molar-refractivity contribution in [1.29, 1.82) is 0 Å². The van der Waals surface area contributed by atoms with E-state index in [1.165, 1.54) is 0 Å². The Morgan fingerprint density at radius 2 is 2.00 bits per heavy atom. The summed E-state index contributed by atoms with van der Waals surface area (Å²) in [6.07, 6.45) is 7.98. The average molecular weight is 282 g/mol. The number of nitrogens with zero attached hydrogens (tertiary/aromatic N) is 1. The summed E-state index contributed by atoms with van der Waals surface area (Å²) in [5.74, 6) is 3.22. The number of terminal acetylenes is 1. The van der Waals surface area contributed by atoms with Crippen LogP contribution < -0.4 is 10.1 Å². The van der Waals surface area contributed by atoms with Crippen molar-refractivity contribution in [2.24, 2.45) is 0 Å². The molecule has 1 heterocycles. The van der Waals surface area contributed by atoms with Gasteiger partial charge in [0.05, 0.1) is 6.10 Å². The third kappa shape index (κ3) is 4.60. The van der Waals surface area contributed by atoms with Crippen molar-refractivity contribution in [3.63, 3.8) is 0 Å². The fraction of sp³-hybridized carbons (Fsp3) is 0.235. The number of aliphatic hydroxyl groups is 1. The van der Waals surface area contributed by atoms with Crippen LogP contribution in [-0.4, -0.2) is 23.2 Å². The van der Waals surface area contributed by atoms with Crippen LogP contribution in [0.25, 0.3) is 0 Å². The van der Waals surface area contributed by atoms with Gasteiger partial charge in [-0.15, -0.1) is 6.42 Å². The third-order valence-electron chi connectivity index (χ3n) is 3.03. The lowest BCUT2D eigenvalue weighted by Gasteiger charge is -2.14. The smallest absolute Gasteiger partial charge is 0.148 e. The maximum atomic E-state index is 10.1. The molecule has 0 bridgehead atoms. The number of aliphatic hydroxyl groups excluding tert-OH is 1. The number of hydrogen-bond acceptors (Lipinski definition) is 4. The van der Waals surface area contributed by atoms with Crippen LogP contribution in [0.3, 0.4) is 0 Å². The van der Waals surface area contributed by atoms with Gasteiger partial charge in [0, 0.05) is 31.0 Å². The van der Waals surface area contributed by atoms with Gasteiger partial charge in [-0.2, -0.15) is 0 Å². The predicted molar refractivity (Wildman–Crippen MR) is 81.7 cm³/mol. The molecule has 0 aliphatic carbocycles. The molecule has 2 rings (SSSR count). The SMILES string of the molecule is C#CCOc1ccccc1CNCC(O)c1ccncc1. The molecule has 0 saturated heterocycles. The minimum absolute atomic E-state index is 0.247. The van der Waals surface area contributed by atoms with Crippen LogP contribution in [0.4, 0.5) is 0 Å². The molecule has 1 aromatic heterocycles. The molecule has 2 aromatic rings. The zero-order valence-corrected chi connectivity index (χ0v) is 11.7. The topological polar surface area (TPSA) is 54.4 Å². The van der Waals surface area contributed by atoms with E-state index in [4.69, 9.17) is 11.2 Å². The van der Waals surface area contributed by atoms with E-state index in [1.807, 2.05) is 24.3 Å². The largest absolute Gasteiger partial charge is 0.481 e. The lowest BCUT2D eigenvalue weighted by molar-refractivity contribution is 0.174. The third-order valence-corrected chi connectivity index (χ3v) is 3.03. The van der Waals surface area contributed by atoms with E-state index in [1.54, 1.807) is 24.5 Å². The molecular weight excluding hydrogens is 264 g/mol. The van der Waals surface area contributed by atoms with Crippen molar-refractivity contribution in [2.45, 2.75) is 12.6 Å². The molecule has 21 heavy (non-hydrogen) atoms. The maximum absolute atomic E-state index is 10.1. The Kier molecular flexibility index (Phi) is 5.77. The minimum atomic E-state index is -0.563. The maximum Gasteiger partial charge on any atom is 0.148 e. The normalized spacial score (nSPS) is 11.6. The number of hydrogen-bond donors (Lipinski definition) is 2. The Bertz CT molecular complexity index is 593. The van der Waals surface area contributed by atoms with Gasteiger partial charge in [-0.25, -0.2) is 0 Å². The summed E-state index contributed by atoms with van der Waals surface area (Å²) in [7, 11) is 0. The van der Waals surface area contributed by atoms with E-state index < -0.39 is 6.10 Å². The van der Waals surface area contributed by atoms with Crippen molar-refractivity contribution in [2.75, 3.05) is 13.2 Å². The molecule has 1 aromatic carbocycles. The molecule has 4 heteroatoms. The van der Waals surface area contributed by atoms with Crippen LogP contribution in [0.5, 0.6) is 5.75 Å². The first-order chi connectivity index (χ1) is 10.3. The average Bonchev–Trinajstić information content (AvgIpc) is 2.54. The fourth-order valence-electron chi connectivity index (χ4n) is 1.96. The Labute approximate surface area is 124 Å². The Morgan fingerprint density at radius 3 is 2.76 bits per heavy atom. The molecule has 0 amide bonds. The summed E-state index contributed by atoms with van der Waals surface area (Å²) in [6, 6.07) is 11.3. The Hall–Kier alpha value is -2.35. The van der Waals surface area contributed by atoms with Gasteiger partial charge in [0.15, 0.2) is 0 Å². The van der Waals surface area contributed by atoms with E-state index in [-0.39, 0.29) is 6.61 Å². The van der Waals surface area contributed by atoms with Gasteiger partial charge >= 0.3 is 0 Å². The molecule has 0 spiro atoms. The lowest BCUT2D eigenvalue weighted by atomic mass is 10.1. The highest BCUT2D eigenvalue weighted by Crippen LogP contribution is 2.18. The molecule has 0 aliphatic heterocycles. The second-order valence-corrected chi connectivity index (χ2v) is 4.53. The van der Waals surface area contributed by atoms with Crippen molar-refractivity contribution in [1.82, 2.24) is 10.3 Å². The zero-order valence-electron chi connectivity index (χ0n) is 11.7. The van der Waals surface area contributed by atoms with Crippen molar-refractivity contribution in [3.8, 4) is 18.1 Å². The van der Waals surface area contributed by atoms with Crippen molar-refractivity contribution >= 4 is 0 Å². The summed E-state index contributed by atoms with van der Waals surface area (Å²) in [4.78, 5) is 3.93. The van der Waals surface area contributed by atoms with Crippen LogP contribution >= 0.6 is 0 Å². The number of nitrogens with one attached hydrogen (secondary N) is 1. The summed E-state index contributed by atoms with van der Waals surface area (Å²) in [5.41, 5.74) is 1.85. The molecule has 0 radical (unpaired) electrons. The predicted octanol–water partition coefficient (Wildman–Crippen LogP) is 1.92. The first kappa shape index (κ1) is 15.0. The molecule has 2 N–H and O–H groups in total. The highest BCUT2D eigenvalue weighted by atomic mass is 16.5. The molecule has 0 aliphatic rings. The van der Waals surface area contributed by atoms with Gasteiger partial charge in [-0.05, 0) is 23.8 Å². The summed E-state index contributed by atoms with van der Waals surface area (Å²) >= 11 is 0. The first-order valence-electron chi connectivity index (χ1n) is 6.74. The van der Waals surface area contributed by atoms with Crippen LogP contribution in [0, 0.1) is 12.3 Å². The molecule has 0 saturated carbocycles. The number of aromatic nitrogens is 1. The van der Waals surface area contributed by atoms with Crippen LogP contribution in [0.15, 0.2) is 48.8 Å². The van der Waals surface area contributed by atoms with Crippen LogP contribution in [0.1, 0.15) is 17.2 Å². The number of rotatable bonds is 7. The van der Waals surface area contributed by atoms with E-state index in [2.05, 4.69) is 16.2 Å². The summed E-state index contributed by atoms with van der Waals surface area (Å²) < 4.78 is 5.48. The Morgan fingerprint density at radius 1 is 1.24 bits per heavy atom. The van der Waals surface area contributed by atoms with Gasteiger partial charge in [-0.1, -0.05) is 24.1 Å². The summed E-state index contributed by atoms with van der Waals surface area (Å²) in [6.45, 7) is 1.30. The van der Waals surface area contributed by atoms with E-state index in [0.717, 1.165) is 16.9 Å². The number of ether oxygens (including phenoxy) is 1. The van der Waals surface area contributed by atoms with Gasteiger partial charge in [0.2, 0.25) is 0 Å². The Balaban J connectivity index is 1.87. The van der Waals surface area contributed by atoms with Gasteiger partial charge in [-0.3, -0.25) is 4.98 Å². The fourth-order valence-corrected chi connectivity index (χ4v) is 1.96. The van der Waals surface area contributed by atoms with Crippen molar-refractivity contribution < 1.29 is 9.84 Å². The second kappa shape index (κ2) is 8.05. The lowest BCUT2D eigenvalue weighted by Crippen LogP contribution is -2.21. The van der Waals surface area contributed by atoms with Gasteiger partial charge < -0.3 is 15.2 Å². The van der Waals surface area contributed by atoms with Gasteiger partial charge in [0.25, 0.3) is 0 Å². The molecular formula is C17H18N2O2. The van der Waals surface area contributed by atoms with E-state index >= 15 is 0 Å². The molecule has 0 fully saturated rings. The molecule has 1 unspecified atom stereocenters. The number of para-hydroxylation sites is 1. The first-order valence-corrected chi connectivity index (χ1v) is 6.74. The zero-order chi connectivity index (χ0) is 14.9. The quantitative estimate of drug-likeness (QED) is 0.762. The monoisotopic (exact) mass is 282 g/mol. The number of pyridine rings is 1. The second-order valence-electron chi connectivity index (χ2n) is 4.53. The molecule has 108 valence electrons. The van der Waals surface area contributed by atoms with Crippen LogP contribution in [-0.2, 0) is 6.54 Å². The minimum Gasteiger partial charge on any atom is -0.481 e. The standard InChI is InChI=1S/C17H18N2O2/c1-2-11-21-17-6-4-3-5-15(17)12-19-13-16(20)14-7-9-18-10-8-14/h1,3-10,16,19-20H,11-13H2. The molecule has 1 atom stereocenters. The number of benzene rings is 1. The molecule has 4 nitrogen and oxygen atoms in total. The highest BCUT2D eigenvalue weighted by molar-refractivity contribution is 5.33.